The van der Waals surface area contributed by atoms with Crippen molar-refractivity contribution in [1.82, 2.24) is 9.97 Å². The molecule has 2 heterocycles. The molecule has 0 saturated carbocycles. The van der Waals surface area contributed by atoms with Crippen LogP contribution in [0.15, 0.2) is 48.9 Å². The smallest absolute Gasteiger partial charge is 0.323 e. The first-order valence-electron chi connectivity index (χ1n) is 8.26. The normalized spacial score (nSPS) is 12.0. The average Bonchev–Trinajstić information content (AvgIpc) is 2.62. The summed E-state index contributed by atoms with van der Waals surface area (Å²) in [5.74, 6) is -0.374. The molecule has 7 heteroatoms. The highest BCUT2D eigenvalue weighted by molar-refractivity contribution is 6.01. The van der Waals surface area contributed by atoms with Gasteiger partial charge in [-0.15, -0.1) is 0 Å². The molecule has 0 aliphatic carbocycles. The van der Waals surface area contributed by atoms with Crippen molar-refractivity contribution in [2.75, 3.05) is 17.2 Å². The molecule has 0 radical (unpaired) electrons. The number of fused-ring (bicyclic) bond motifs is 1. The van der Waals surface area contributed by atoms with E-state index in [2.05, 4.69) is 20.6 Å². The van der Waals surface area contributed by atoms with Gasteiger partial charge in [-0.3, -0.25) is 9.97 Å². The Bertz CT molecular complexity index is 918. The Kier molecular flexibility index (Phi) is 5.38. The molecule has 3 aromatic rings. The van der Waals surface area contributed by atoms with Crippen molar-refractivity contribution in [3.63, 3.8) is 0 Å². The van der Waals surface area contributed by atoms with Gasteiger partial charge in [0.25, 0.3) is 0 Å². The van der Waals surface area contributed by atoms with Crippen molar-refractivity contribution in [3.05, 3.63) is 60.3 Å². The molecular weight excluding hydrogens is 335 g/mol. The monoisotopic (exact) mass is 354 g/mol. The molecule has 1 aromatic carbocycles. The van der Waals surface area contributed by atoms with E-state index in [9.17, 15) is 9.18 Å². The molecule has 1 unspecified atom stereocenters. The second-order valence-corrected chi connectivity index (χ2v) is 5.67. The third-order valence-corrected chi connectivity index (χ3v) is 3.86. The lowest BCUT2D eigenvalue weighted by Gasteiger charge is -2.19. The molecule has 1 atom stereocenters. The van der Waals surface area contributed by atoms with Crippen molar-refractivity contribution in [2.45, 2.75) is 20.0 Å². The van der Waals surface area contributed by atoms with Crippen LogP contribution in [0.5, 0.6) is 0 Å². The Hall–Kier alpha value is -3.06. The van der Waals surface area contributed by atoms with E-state index in [1.54, 1.807) is 30.6 Å². The second-order valence-electron chi connectivity index (χ2n) is 5.67. The molecule has 134 valence electrons. The Morgan fingerprint density at radius 3 is 2.85 bits per heavy atom. The number of hydrogen-bond acceptors (Lipinski definition) is 4. The number of ether oxygens (including phenoxy) is 1. The lowest BCUT2D eigenvalue weighted by Crippen LogP contribution is -2.21. The molecule has 0 aliphatic rings. The molecule has 0 fully saturated rings. The predicted octanol–water partition coefficient (Wildman–Crippen LogP) is 4.51. The predicted molar refractivity (Wildman–Crippen MR) is 98.6 cm³/mol. The number of benzene rings is 1. The van der Waals surface area contributed by atoms with Gasteiger partial charge in [0.15, 0.2) is 0 Å². The summed E-state index contributed by atoms with van der Waals surface area (Å²) < 4.78 is 19.5. The topological polar surface area (TPSA) is 76.1 Å². The largest absolute Gasteiger partial charge is 0.374 e. The van der Waals surface area contributed by atoms with Gasteiger partial charge in [0.2, 0.25) is 0 Å². The maximum absolute atomic E-state index is 13.8. The fraction of sp³-hybridized carbons (Fsp3) is 0.211. The highest BCUT2D eigenvalue weighted by Gasteiger charge is 2.18. The molecule has 0 spiro atoms. The summed E-state index contributed by atoms with van der Waals surface area (Å²) >= 11 is 0. The van der Waals surface area contributed by atoms with E-state index in [1.165, 1.54) is 18.3 Å². The molecular formula is C19H19FN4O2. The SMILES string of the molecule is CCOC(C)c1c(NC(=O)Nc2cccnc2)cnc2ccc(F)cc12. The Balaban J connectivity index is 1.96. The van der Waals surface area contributed by atoms with Crippen molar-refractivity contribution in [1.29, 1.82) is 0 Å². The molecule has 6 nitrogen and oxygen atoms in total. The minimum absolute atomic E-state index is 0.346. The summed E-state index contributed by atoms with van der Waals surface area (Å²) in [5.41, 5.74) is 2.33. The van der Waals surface area contributed by atoms with Crippen molar-refractivity contribution in [3.8, 4) is 0 Å². The van der Waals surface area contributed by atoms with Gasteiger partial charge in [0.1, 0.15) is 5.82 Å². The molecule has 2 amide bonds. The first kappa shape index (κ1) is 17.8. The molecule has 3 rings (SSSR count). The number of carbonyl (C=O) groups excluding carboxylic acids is 1. The van der Waals surface area contributed by atoms with E-state index in [0.29, 0.717) is 34.4 Å². The number of nitrogens with one attached hydrogen (secondary N) is 2. The third-order valence-electron chi connectivity index (χ3n) is 3.86. The van der Waals surface area contributed by atoms with Crippen LogP contribution < -0.4 is 10.6 Å². The van der Waals surface area contributed by atoms with Crippen molar-refractivity contribution >= 4 is 28.3 Å². The van der Waals surface area contributed by atoms with Crippen LogP contribution in [0.25, 0.3) is 10.9 Å². The highest BCUT2D eigenvalue weighted by Crippen LogP contribution is 2.32. The van der Waals surface area contributed by atoms with Crippen LogP contribution in [0.1, 0.15) is 25.5 Å². The van der Waals surface area contributed by atoms with Gasteiger partial charge in [-0.25, -0.2) is 9.18 Å². The summed E-state index contributed by atoms with van der Waals surface area (Å²) in [6.07, 6.45) is 4.36. The second kappa shape index (κ2) is 7.88. The van der Waals surface area contributed by atoms with Gasteiger partial charge >= 0.3 is 6.03 Å². The number of hydrogen-bond donors (Lipinski definition) is 2. The lowest BCUT2D eigenvalue weighted by molar-refractivity contribution is 0.0778. The van der Waals surface area contributed by atoms with Crippen LogP contribution >= 0.6 is 0 Å². The highest BCUT2D eigenvalue weighted by atomic mass is 19.1. The van der Waals surface area contributed by atoms with Gasteiger partial charge in [-0.05, 0) is 44.2 Å². The van der Waals surface area contributed by atoms with Crippen molar-refractivity contribution < 1.29 is 13.9 Å². The van der Waals surface area contributed by atoms with Gasteiger partial charge in [-0.1, -0.05) is 0 Å². The Morgan fingerprint density at radius 1 is 1.27 bits per heavy atom. The van der Waals surface area contributed by atoms with Crippen LogP contribution in [0.4, 0.5) is 20.6 Å². The van der Waals surface area contributed by atoms with Crippen LogP contribution in [0.2, 0.25) is 0 Å². The number of carbonyl (C=O) groups is 1. The number of rotatable bonds is 5. The van der Waals surface area contributed by atoms with Gasteiger partial charge in [0, 0.05) is 23.8 Å². The number of halogens is 1. The van der Waals surface area contributed by atoms with E-state index in [4.69, 9.17) is 4.74 Å². The summed E-state index contributed by atoms with van der Waals surface area (Å²) in [6.45, 7) is 4.22. The summed E-state index contributed by atoms with van der Waals surface area (Å²) in [6, 6.07) is 7.36. The average molecular weight is 354 g/mol. The van der Waals surface area contributed by atoms with E-state index >= 15 is 0 Å². The zero-order valence-electron chi connectivity index (χ0n) is 14.5. The van der Waals surface area contributed by atoms with E-state index in [0.717, 1.165) is 0 Å². The number of anilines is 2. The molecule has 0 bridgehead atoms. The fourth-order valence-electron chi connectivity index (χ4n) is 2.78. The van der Waals surface area contributed by atoms with E-state index < -0.39 is 6.03 Å². The maximum Gasteiger partial charge on any atom is 0.323 e. The van der Waals surface area contributed by atoms with Gasteiger partial charge in [0.05, 0.1) is 35.4 Å². The lowest BCUT2D eigenvalue weighted by atomic mass is 10.0. The summed E-state index contributed by atoms with van der Waals surface area (Å²) in [5, 5.41) is 6.06. The zero-order chi connectivity index (χ0) is 18.5. The minimum atomic E-state index is -0.444. The van der Waals surface area contributed by atoms with Crippen LogP contribution in [0.3, 0.4) is 0 Å². The quantitative estimate of drug-likeness (QED) is 0.707. The molecule has 0 saturated heterocycles. The number of nitrogens with zero attached hydrogens (tertiary/aromatic N) is 2. The standard InChI is InChI=1S/C19H19FN4O2/c1-3-26-12(2)18-15-9-13(20)6-7-16(15)22-11-17(18)24-19(25)23-14-5-4-8-21-10-14/h4-12H,3H2,1-2H3,(H2,23,24,25). The zero-order valence-corrected chi connectivity index (χ0v) is 14.5. The van der Waals surface area contributed by atoms with Gasteiger partial charge in [-0.2, -0.15) is 0 Å². The molecule has 0 aliphatic heterocycles. The van der Waals surface area contributed by atoms with Crippen LogP contribution in [-0.4, -0.2) is 22.6 Å². The molecule has 2 aromatic heterocycles. The first-order valence-corrected chi connectivity index (χ1v) is 8.26. The third kappa shape index (κ3) is 3.94. The fourth-order valence-corrected chi connectivity index (χ4v) is 2.78. The molecule has 2 N–H and O–H groups in total. The number of amides is 2. The van der Waals surface area contributed by atoms with E-state index in [-0.39, 0.29) is 11.9 Å². The number of pyridine rings is 2. The molecule has 26 heavy (non-hydrogen) atoms. The summed E-state index contributed by atoms with van der Waals surface area (Å²) in [7, 11) is 0. The maximum atomic E-state index is 13.8. The van der Waals surface area contributed by atoms with Gasteiger partial charge < -0.3 is 15.4 Å². The number of urea groups is 1. The van der Waals surface area contributed by atoms with Crippen LogP contribution in [-0.2, 0) is 4.74 Å². The van der Waals surface area contributed by atoms with Crippen LogP contribution in [0, 0.1) is 5.82 Å². The Labute approximate surface area is 150 Å². The Morgan fingerprint density at radius 2 is 2.12 bits per heavy atom. The summed E-state index contributed by atoms with van der Waals surface area (Å²) in [4.78, 5) is 20.6. The minimum Gasteiger partial charge on any atom is -0.374 e. The first-order chi connectivity index (χ1) is 12.6. The van der Waals surface area contributed by atoms with Crippen molar-refractivity contribution in [2.24, 2.45) is 0 Å². The van der Waals surface area contributed by atoms with E-state index in [1.807, 2.05) is 13.8 Å². The number of aromatic nitrogens is 2.